The Hall–Kier alpha value is -3.20. The second-order valence-corrected chi connectivity index (χ2v) is 13.6. The largest absolute Gasteiger partial charge is 0.339 e. The molecule has 204 valence electrons. The molecule has 1 amide bonds. The molecule has 3 heterocycles. The number of hydrogen-bond acceptors (Lipinski definition) is 7. The number of hydrogen-bond donors (Lipinski definition) is 0. The third-order valence-electron chi connectivity index (χ3n) is 7.92. The molecule has 0 aliphatic heterocycles. The Morgan fingerprint density at radius 2 is 1.87 bits per heavy atom. The molecular weight excluding hydrogens is 513 g/mol. The SMILES string of the molecule is Cc1nc2ccc(-c3cncc(N(CCCCCc4noc(C(C)(C)C)n4)C(=O)C45CC(F)(C4)C5)c3)cc2s1. The zero-order valence-corrected chi connectivity index (χ0v) is 23.8. The molecule has 7 rings (SSSR count). The Bertz CT molecular complexity index is 1520. The van der Waals surface area contributed by atoms with Crippen LogP contribution in [0.25, 0.3) is 21.3 Å². The summed E-state index contributed by atoms with van der Waals surface area (Å²) in [6.07, 6.45) is 7.99. The number of nitrogens with zero attached hydrogens (tertiary/aromatic N) is 5. The number of halogens is 1. The number of alkyl halides is 1. The zero-order valence-electron chi connectivity index (χ0n) is 23.0. The van der Waals surface area contributed by atoms with Gasteiger partial charge in [-0.25, -0.2) is 9.37 Å². The monoisotopic (exact) mass is 547 g/mol. The Kier molecular flexibility index (Phi) is 6.32. The average molecular weight is 548 g/mol. The van der Waals surface area contributed by atoms with Crippen molar-refractivity contribution in [2.24, 2.45) is 5.41 Å². The molecular formula is C30H34FN5O2S. The summed E-state index contributed by atoms with van der Waals surface area (Å²) in [4.78, 5) is 29.2. The van der Waals surface area contributed by atoms with E-state index < -0.39 is 11.1 Å². The summed E-state index contributed by atoms with van der Waals surface area (Å²) in [6.45, 7) is 8.73. The second kappa shape index (κ2) is 9.47. The van der Waals surface area contributed by atoms with E-state index in [1.165, 1.54) is 0 Å². The van der Waals surface area contributed by atoms with E-state index in [1.807, 2.05) is 36.2 Å². The molecule has 0 atom stereocenters. The molecule has 0 saturated heterocycles. The number of aromatic nitrogens is 4. The number of pyridine rings is 1. The van der Waals surface area contributed by atoms with Crippen molar-refractivity contribution < 1.29 is 13.7 Å². The van der Waals surface area contributed by atoms with Crippen LogP contribution in [0.3, 0.4) is 0 Å². The molecule has 0 spiro atoms. The van der Waals surface area contributed by atoms with Gasteiger partial charge in [-0.05, 0) is 62.8 Å². The molecule has 0 radical (unpaired) electrons. The maximum absolute atomic E-state index is 14.3. The van der Waals surface area contributed by atoms with Crippen molar-refractivity contribution in [3.63, 3.8) is 0 Å². The quantitative estimate of drug-likeness (QED) is 0.210. The molecule has 39 heavy (non-hydrogen) atoms. The van der Waals surface area contributed by atoms with Gasteiger partial charge in [-0.1, -0.05) is 38.4 Å². The van der Waals surface area contributed by atoms with Crippen molar-refractivity contribution in [3.05, 3.63) is 53.4 Å². The van der Waals surface area contributed by atoms with E-state index in [-0.39, 0.29) is 11.3 Å². The molecule has 2 bridgehead atoms. The minimum atomic E-state index is -1.12. The van der Waals surface area contributed by atoms with Crippen LogP contribution in [0, 0.1) is 12.3 Å². The fourth-order valence-electron chi connectivity index (χ4n) is 5.87. The van der Waals surface area contributed by atoms with Gasteiger partial charge in [-0.3, -0.25) is 9.78 Å². The second-order valence-electron chi connectivity index (χ2n) is 12.3. The van der Waals surface area contributed by atoms with E-state index in [4.69, 9.17) is 4.52 Å². The first-order valence-electron chi connectivity index (χ1n) is 13.7. The van der Waals surface area contributed by atoms with Crippen molar-refractivity contribution >= 4 is 33.1 Å². The van der Waals surface area contributed by atoms with Gasteiger partial charge in [0.1, 0.15) is 5.67 Å². The summed E-state index contributed by atoms with van der Waals surface area (Å²) < 4.78 is 20.9. The third-order valence-corrected chi connectivity index (χ3v) is 8.85. The molecule has 0 N–H and O–H groups in total. The average Bonchev–Trinajstić information content (AvgIpc) is 3.49. The topological polar surface area (TPSA) is 85.0 Å². The van der Waals surface area contributed by atoms with E-state index in [0.29, 0.717) is 31.7 Å². The fourth-order valence-corrected chi connectivity index (χ4v) is 6.73. The van der Waals surface area contributed by atoms with Crippen LogP contribution in [0.2, 0.25) is 0 Å². The maximum Gasteiger partial charge on any atom is 0.233 e. The van der Waals surface area contributed by atoms with E-state index in [9.17, 15) is 9.18 Å². The van der Waals surface area contributed by atoms with Gasteiger partial charge in [0.05, 0.1) is 32.5 Å². The van der Waals surface area contributed by atoms with Gasteiger partial charge >= 0.3 is 0 Å². The van der Waals surface area contributed by atoms with Crippen LogP contribution >= 0.6 is 11.3 Å². The number of rotatable bonds is 9. The summed E-state index contributed by atoms with van der Waals surface area (Å²) in [7, 11) is 0. The van der Waals surface area contributed by atoms with E-state index in [0.717, 1.165) is 63.5 Å². The summed E-state index contributed by atoms with van der Waals surface area (Å²) in [5.41, 5.74) is 1.91. The number of carbonyl (C=O) groups is 1. The normalized spacial score (nSPS) is 22.0. The Morgan fingerprint density at radius 3 is 2.59 bits per heavy atom. The van der Waals surface area contributed by atoms with Crippen molar-refractivity contribution in [1.29, 1.82) is 0 Å². The van der Waals surface area contributed by atoms with Gasteiger partial charge < -0.3 is 9.42 Å². The predicted octanol–water partition coefficient (Wildman–Crippen LogP) is 6.99. The highest BCUT2D eigenvalue weighted by atomic mass is 32.1. The van der Waals surface area contributed by atoms with Crippen LogP contribution in [0.1, 0.15) is 76.0 Å². The smallest absolute Gasteiger partial charge is 0.233 e. The zero-order chi connectivity index (χ0) is 27.4. The van der Waals surface area contributed by atoms with Gasteiger partial charge in [-0.15, -0.1) is 11.3 Å². The number of benzene rings is 1. The number of aryl methyl sites for hydroxylation is 2. The molecule has 3 saturated carbocycles. The van der Waals surface area contributed by atoms with Crippen LogP contribution in [0.15, 0.2) is 41.2 Å². The lowest BCUT2D eigenvalue weighted by Crippen LogP contribution is -2.70. The Morgan fingerprint density at radius 1 is 1.08 bits per heavy atom. The van der Waals surface area contributed by atoms with Crippen molar-refractivity contribution in [1.82, 2.24) is 20.1 Å². The molecule has 3 aliphatic carbocycles. The summed E-state index contributed by atoms with van der Waals surface area (Å²) in [5.74, 6) is 1.40. The number of unbranched alkanes of at least 4 members (excludes halogenated alkanes) is 2. The fraction of sp³-hybridized carbons (Fsp3) is 0.500. The first-order valence-corrected chi connectivity index (χ1v) is 14.5. The lowest BCUT2D eigenvalue weighted by Gasteiger charge is -2.65. The summed E-state index contributed by atoms with van der Waals surface area (Å²) in [6, 6.07) is 8.24. The molecule has 1 aromatic carbocycles. The minimum Gasteiger partial charge on any atom is -0.339 e. The highest BCUT2D eigenvalue weighted by Gasteiger charge is 2.73. The van der Waals surface area contributed by atoms with Gasteiger partial charge in [0.25, 0.3) is 0 Å². The number of carbonyl (C=O) groups excluding carboxylic acids is 1. The van der Waals surface area contributed by atoms with Gasteiger partial charge in [0, 0.05) is 30.1 Å². The van der Waals surface area contributed by atoms with Crippen LogP contribution < -0.4 is 4.90 Å². The predicted molar refractivity (Wildman–Crippen MR) is 151 cm³/mol. The van der Waals surface area contributed by atoms with Crippen LogP contribution in [0.4, 0.5) is 10.1 Å². The van der Waals surface area contributed by atoms with Gasteiger partial charge in [-0.2, -0.15) is 4.98 Å². The van der Waals surface area contributed by atoms with Crippen LogP contribution in [-0.4, -0.2) is 38.2 Å². The first kappa shape index (κ1) is 26.0. The molecule has 9 heteroatoms. The highest BCUT2D eigenvalue weighted by molar-refractivity contribution is 7.18. The number of anilines is 1. The minimum absolute atomic E-state index is 0.0301. The Labute approximate surface area is 231 Å². The summed E-state index contributed by atoms with van der Waals surface area (Å²) >= 11 is 1.67. The van der Waals surface area contributed by atoms with Crippen LogP contribution in [0.5, 0.6) is 0 Å². The number of amides is 1. The standard InChI is InChI=1S/C30H34FN5O2S/c1-19-33-23-10-9-20(13-24(23)39-19)21-12-22(15-32-14-21)36(27(37)29-16-30(31,17-29)18-29)11-7-5-6-8-25-34-26(38-35-25)28(2,3)4/h9-10,12-15H,5-8,11,16-18H2,1-4H3. The molecule has 3 aromatic heterocycles. The van der Waals surface area contributed by atoms with Gasteiger partial charge in [0.15, 0.2) is 5.82 Å². The molecule has 0 unspecified atom stereocenters. The first-order chi connectivity index (χ1) is 18.5. The third kappa shape index (κ3) is 4.97. The van der Waals surface area contributed by atoms with E-state index in [1.54, 1.807) is 17.5 Å². The highest BCUT2D eigenvalue weighted by Crippen LogP contribution is 2.70. The molecule has 3 fully saturated rings. The van der Waals surface area contributed by atoms with Crippen molar-refractivity contribution in [2.45, 2.75) is 83.7 Å². The van der Waals surface area contributed by atoms with Crippen molar-refractivity contribution in [3.8, 4) is 11.1 Å². The molecule has 7 nitrogen and oxygen atoms in total. The van der Waals surface area contributed by atoms with Gasteiger partial charge in [0.2, 0.25) is 11.8 Å². The molecule has 3 aliphatic rings. The maximum atomic E-state index is 14.3. The van der Waals surface area contributed by atoms with Crippen molar-refractivity contribution in [2.75, 3.05) is 11.4 Å². The van der Waals surface area contributed by atoms with E-state index in [2.05, 4.69) is 46.9 Å². The summed E-state index contributed by atoms with van der Waals surface area (Å²) in [5, 5.41) is 5.15. The lowest BCUT2D eigenvalue weighted by atomic mass is 9.42. The number of thiazole rings is 1. The van der Waals surface area contributed by atoms with Crippen LogP contribution in [-0.2, 0) is 16.6 Å². The molecule has 4 aromatic rings. The Balaban J connectivity index is 1.16. The number of fused-ring (bicyclic) bond motifs is 1. The van der Waals surface area contributed by atoms with E-state index >= 15 is 0 Å². The lowest BCUT2D eigenvalue weighted by molar-refractivity contribution is -0.211.